The third-order valence-electron chi connectivity index (χ3n) is 2.18. The van der Waals surface area contributed by atoms with Gasteiger partial charge in [0.15, 0.2) is 12.1 Å². The van der Waals surface area contributed by atoms with Gasteiger partial charge < -0.3 is 0 Å². The molecule has 0 N–H and O–H groups in total. The second kappa shape index (κ2) is 4.08. The van der Waals surface area contributed by atoms with Crippen LogP contribution < -0.4 is 0 Å². The SMILES string of the molecule is CC(=O)c1cc(C)c(C(F)(F)F)c(C=O)c1. The molecule has 0 saturated heterocycles. The van der Waals surface area contributed by atoms with E-state index in [0.29, 0.717) is 0 Å². The predicted octanol–water partition coefficient (Wildman–Crippen LogP) is 3.03. The number of ketones is 1. The molecule has 1 aromatic carbocycles. The molecule has 0 amide bonds. The number of carbonyl (C=O) groups excluding carboxylic acids is 2. The summed E-state index contributed by atoms with van der Waals surface area (Å²) in [5.74, 6) is -0.375. The minimum Gasteiger partial charge on any atom is -0.298 e. The van der Waals surface area contributed by atoms with E-state index >= 15 is 0 Å². The van der Waals surface area contributed by atoms with E-state index in [4.69, 9.17) is 0 Å². The molecule has 0 fully saturated rings. The van der Waals surface area contributed by atoms with E-state index in [2.05, 4.69) is 0 Å². The van der Waals surface area contributed by atoms with E-state index < -0.39 is 17.3 Å². The number of aryl methyl sites for hydroxylation is 1. The molecular formula is C11H9F3O2. The van der Waals surface area contributed by atoms with Gasteiger partial charge in [-0.2, -0.15) is 13.2 Å². The Kier molecular flexibility index (Phi) is 3.16. The molecule has 0 atom stereocenters. The molecule has 0 aliphatic heterocycles. The van der Waals surface area contributed by atoms with Crippen LogP contribution in [0.4, 0.5) is 13.2 Å². The van der Waals surface area contributed by atoms with Crippen LogP contribution in [0.3, 0.4) is 0 Å². The Hall–Kier alpha value is -1.65. The summed E-state index contributed by atoms with van der Waals surface area (Å²) in [4.78, 5) is 21.6. The summed E-state index contributed by atoms with van der Waals surface area (Å²) in [6, 6.07) is 2.10. The molecule has 0 aliphatic rings. The van der Waals surface area contributed by atoms with Crippen LogP contribution in [0, 0.1) is 6.92 Å². The van der Waals surface area contributed by atoms with Gasteiger partial charge in [-0.25, -0.2) is 0 Å². The van der Waals surface area contributed by atoms with E-state index in [9.17, 15) is 22.8 Å². The van der Waals surface area contributed by atoms with Crippen LogP contribution in [0.15, 0.2) is 12.1 Å². The van der Waals surface area contributed by atoms with Gasteiger partial charge in [0.05, 0.1) is 5.56 Å². The zero-order valence-electron chi connectivity index (χ0n) is 8.68. The number of Topliss-reactive ketones (excluding diaryl/α,β-unsaturated/α-hetero) is 1. The van der Waals surface area contributed by atoms with Crippen LogP contribution in [0.5, 0.6) is 0 Å². The highest BCUT2D eigenvalue weighted by molar-refractivity contribution is 5.96. The Morgan fingerprint density at radius 3 is 2.25 bits per heavy atom. The van der Waals surface area contributed by atoms with Crippen molar-refractivity contribution >= 4 is 12.1 Å². The maximum Gasteiger partial charge on any atom is 0.417 e. The van der Waals surface area contributed by atoms with Gasteiger partial charge in [-0.3, -0.25) is 9.59 Å². The van der Waals surface area contributed by atoms with Crippen molar-refractivity contribution in [2.24, 2.45) is 0 Å². The summed E-state index contributed by atoms with van der Waals surface area (Å²) >= 11 is 0. The maximum absolute atomic E-state index is 12.6. The zero-order chi connectivity index (χ0) is 12.5. The molecule has 0 spiro atoms. The van der Waals surface area contributed by atoms with E-state index in [1.54, 1.807) is 0 Å². The summed E-state index contributed by atoms with van der Waals surface area (Å²) in [6.45, 7) is 2.46. The van der Waals surface area contributed by atoms with Gasteiger partial charge in [0.2, 0.25) is 0 Å². The Morgan fingerprint density at radius 2 is 1.88 bits per heavy atom. The Morgan fingerprint density at radius 1 is 1.31 bits per heavy atom. The van der Waals surface area contributed by atoms with Crippen LogP contribution in [0.2, 0.25) is 0 Å². The average molecular weight is 230 g/mol. The van der Waals surface area contributed by atoms with Crippen molar-refractivity contribution in [3.63, 3.8) is 0 Å². The van der Waals surface area contributed by atoms with Gasteiger partial charge in [0.25, 0.3) is 0 Å². The molecule has 0 bridgehead atoms. The highest BCUT2D eigenvalue weighted by Crippen LogP contribution is 2.34. The highest BCUT2D eigenvalue weighted by atomic mass is 19.4. The Labute approximate surface area is 90.1 Å². The van der Waals surface area contributed by atoms with Gasteiger partial charge in [-0.05, 0) is 31.5 Å². The molecular weight excluding hydrogens is 221 g/mol. The van der Waals surface area contributed by atoms with Crippen molar-refractivity contribution in [2.75, 3.05) is 0 Å². The lowest BCUT2D eigenvalue weighted by Crippen LogP contribution is -2.12. The molecule has 0 saturated carbocycles. The first-order valence-electron chi connectivity index (χ1n) is 4.45. The fourth-order valence-corrected chi connectivity index (χ4v) is 1.50. The summed E-state index contributed by atoms with van der Waals surface area (Å²) in [5, 5.41) is 0. The van der Waals surface area contributed by atoms with Crippen molar-refractivity contribution in [3.8, 4) is 0 Å². The third kappa shape index (κ3) is 2.29. The van der Waals surface area contributed by atoms with Crippen molar-refractivity contribution in [1.82, 2.24) is 0 Å². The molecule has 0 radical (unpaired) electrons. The minimum atomic E-state index is -4.59. The van der Waals surface area contributed by atoms with Crippen LogP contribution >= 0.6 is 0 Å². The molecule has 86 valence electrons. The lowest BCUT2D eigenvalue weighted by Gasteiger charge is -2.13. The summed E-state index contributed by atoms with van der Waals surface area (Å²) < 4.78 is 37.8. The standard InChI is InChI=1S/C11H9F3O2/c1-6-3-8(7(2)16)4-9(5-15)10(6)11(12,13)14/h3-5H,1-2H3. The first-order chi connectivity index (χ1) is 7.27. The van der Waals surface area contributed by atoms with Crippen LogP contribution in [-0.4, -0.2) is 12.1 Å². The maximum atomic E-state index is 12.6. The number of alkyl halides is 3. The van der Waals surface area contributed by atoms with Crippen molar-refractivity contribution < 1.29 is 22.8 Å². The molecule has 5 heteroatoms. The summed E-state index contributed by atoms with van der Waals surface area (Å²) in [6.07, 6.45) is -4.47. The number of carbonyl (C=O) groups is 2. The largest absolute Gasteiger partial charge is 0.417 e. The number of benzene rings is 1. The molecule has 0 unspecified atom stereocenters. The molecule has 0 aliphatic carbocycles. The molecule has 1 rings (SSSR count). The quantitative estimate of drug-likeness (QED) is 0.578. The van der Waals surface area contributed by atoms with Crippen molar-refractivity contribution in [3.05, 3.63) is 34.4 Å². The smallest absolute Gasteiger partial charge is 0.298 e. The molecule has 16 heavy (non-hydrogen) atoms. The van der Waals surface area contributed by atoms with Gasteiger partial charge in [-0.15, -0.1) is 0 Å². The number of halogens is 3. The predicted molar refractivity (Wildman–Crippen MR) is 51.6 cm³/mol. The second-order valence-electron chi connectivity index (χ2n) is 3.43. The van der Waals surface area contributed by atoms with Crippen LogP contribution in [0.1, 0.15) is 38.8 Å². The Balaban J connectivity index is 3.53. The third-order valence-corrected chi connectivity index (χ3v) is 2.18. The fourth-order valence-electron chi connectivity index (χ4n) is 1.50. The average Bonchev–Trinajstić information content (AvgIpc) is 2.14. The van der Waals surface area contributed by atoms with Crippen LogP contribution in [0.25, 0.3) is 0 Å². The first-order valence-corrected chi connectivity index (χ1v) is 4.45. The fraction of sp³-hybridized carbons (Fsp3) is 0.273. The van der Waals surface area contributed by atoms with Crippen molar-refractivity contribution in [1.29, 1.82) is 0 Å². The van der Waals surface area contributed by atoms with Gasteiger partial charge in [-0.1, -0.05) is 0 Å². The summed E-state index contributed by atoms with van der Waals surface area (Å²) in [7, 11) is 0. The molecule has 2 nitrogen and oxygen atoms in total. The minimum absolute atomic E-state index is 0.104. The Bertz CT molecular complexity index is 447. The highest BCUT2D eigenvalue weighted by Gasteiger charge is 2.35. The number of rotatable bonds is 2. The topological polar surface area (TPSA) is 34.1 Å². The van der Waals surface area contributed by atoms with Crippen molar-refractivity contribution in [2.45, 2.75) is 20.0 Å². The van der Waals surface area contributed by atoms with Gasteiger partial charge >= 0.3 is 6.18 Å². The summed E-state index contributed by atoms with van der Waals surface area (Å²) in [5.41, 5.74) is -1.50. The zero-order valence-corrected chi connectivity index (χ0v) is 8.68. The number of aldehydes is 1. The first kappa shape index (κ1) is 12.4. The lowest BCUT2D eigenvalue weighted by molar-refractivity contribution is -0.138. The number of hydrogen-bond donors (Lipinski definition) is 0. The van der Waals surface area contributed by atoms with Crippen LogP contribution in [-0.2, 0) is 6.18 Å². The van der Waals surface area contributed by atoms with E-state index in [0.717, 1.165) is 12.1 Å². The van der Waals surface area contributed by atoms with E-state index in [1.165, 1.54) is 13.8 Å². The molecule has 0 heterocycles. The monoisotopic (exact) mass is 230 g/mol. The second-order valence-corrected chi connectivity index (χ2v) is 3.43. The van der Waals surface area contributed by atoms with Gasteiger partial charge in [0, 0.05) is 11.1 Å². The number of hydrogen-bond acceptors (Lipinski definition) is 2. The molecule has 1 aromatic rings. The van der Waals surface area contributed by atoms with E-state index in [1.807, 2.05) is 0 Å². The van der Waals surface area contributed by atoms with Gasteiger partial charge in [0.1, 0.15) is 0 Å². The normalized spacial score (nSPS) is 11.3. The molecule has 0 aromatic heterocycles. The lowest BCUT2D eigenvalue weighted by atomic mass is 9.97. The van der Waals surface area contributed by atoms with E-state index in [-0.39, 0.29) is 23.2 Å².